The first-order valence-electron chi connectivity index (χ1n) is 8.05. The molecule has 0 bridgehead atoms. The van der Waals surface area contributed by atoms with Crippen LogP contribution < -0.4 is 5.32 Å². The first-order valence-corrected chi connectivity index (χ1v) is 8.93. The van der Waals surface area contributed by atoms with Crippen LogP contribution in [0.1, 0.15) is 47.7 Å². The van der Waals surface area contributed by atoms with E-state index in [1.807, 2.05) is 44.4 Å². The number of carbonyl (C=O) groups excluding carboxylic acids is 2. The van der Waals surface area contributed by atoms with Gasteiger partial charge in [-0.1, -0.05) is 37.1 Å². The fourth-order valence-corrected chi connectivity index (χ4v) is 3.47. The van der Waals surface area contributed by atoms with Crippen LogP contribution in [0.3, 0.4) is 0 Å². The van der Waals surface area contributed by atoms with Crippen LogP contribution in [0.25, 0.3) is 11.1 Å². The van der Waals surface area contributed by atoms with Crippen LogP contribution in [-0.4, -0.2) is 19.0 Å². The summed E-state index contributed by atoms with van der Waals surface area (Å²) >= 11 is 1.36. The van der Waals surface area contributed by atoms with E-state index in [2.05, 4.69) is 5.32 Å². The summed E-state index contributed by atoms with van der Waals surface area (Å²) in [7, 11) is 1.36. The van der Waals surface area contributed by atoms with Gasteiger partial charge in [0.1, 0.15) is 10.6 Å². The molecular weight excluding hydrogens is 322 g/mol. The summed E-state index contributed by atoms with van der Waals surface area (Å²) in [5, 5.41) is 5.32. The average Bonchev–Trinajstić information content (AvgIpc) is 2.97. The molecular formula is C19H23NO3S. The van der Waals surface area contributed by atoms with E-state index in [9.17, 15) is 9.59 Å². The topological polar surface area (TPSA) is 55.4 Å². The second-order valence-electron chi connectivity index (χ2n) is 5.82. The predicted molar refractivity (Wildman–Crippen MR) is 98.7 cm³/mol. The highest BCUT2D eigenvalue weighted by Gasteiger charge is 2.23. The Morgan fingerprint density at radius 1 is 1.21 bits per heavy atom. The summed E-state index contributed by atoms with van der Waals surface area (Å²) in [5.41, 5.74) is 4.42. The minimum atomic E-state index is -0.432. The highest BCUT2D eigenvalue weighted by atomic mass is 32.1. The molecule has 0 aliphatic heterocycles. The van der Waals surface area contributed by atoms with Gasteiger partial charge in [0.25, 0.3) is 0 Å². The van der Waals surface area contributed by atoms with Gasteiger partial charge in [-0.3, -0.25) is 4.79 Å². The highest BCUT2D eigenvalue weighted by Crippen LogP contribution is 2.38. The molecule has 1 heterocycles. The molecule has 0 fully saturated rings. The number of rotatable bonds is 6. The Morgan fingerprint density at radius 2 is 1.96 bits per heavy atom. The Labute approximate surface area is 146 Å². The van der Waals surface area contributed by atoms with Crippen LogP contribution in [-0.2, 0) is 9.53 Å². The molecule has 0 saturated carbocycles. The molecule has 0 aliphatic carbocycles. The van der Waals surface area contributed by atoms with Gasteiger partial charge in [0.05, 0.1) is 7.11 Å². The molecule has 128 valence electrons. The lowest BCUT2D eigenvalue weighted by molar-refractivity contribution is -0.116. The van der Waals surface area contributed by atoms with Crippen LogP contribution in [0.4, 0.5) is 5.00 Å². The lowest BCUT2D eigenvalue weighted by atomic mass is 9.97. The molecule has 4 nitrogen and oxygen atoms in total. The third kappa shape index (κ3) is 4.03. The van der Waals surface area contributed by atoms with E-state index in [0.29, 0.717) is 17.0 Å². The third-order valence-electron chi connectivity index (χ3n) is 3.87. The Hall–Kier alpha value is -2.14. The number of nitrogens with one attached hydrogen (secondary N) is 1. The summed E-state index contributed by atoms with van der Waals surface area (Å²) in [6.45, 7) is 6.06. The second kappa shape index (κ2) is 8.11. The lowest BCUT2D eigenvalue weighted by Crippen LogP contribution is -2.13. The maximum atomic E-state index is 12.3. The molecule has 24 heavy (non-hydrogen) atoms. The zero-order valence-corrected chi connectivity index (χ0v) is 15.4. The van der Waals surface area contributed by atoms with E-state index in [-0.39, 0.29) is 5.91 Å². The SMILES string of the molecule is CCCCC(=O)Nc1scc(-c2cc(C)ccc2C)c1C(=O)OC. The Kier molecular flexibility index (Phi) is 6.15. The van der Waals surface area contributed by atoms with E-state index < -0.39 is 5.97 Å². The Bertz CT molecular complexity index is 749. The summed E-state index contributed by atoms with van der Waals surface area (Å²) in [4.78, 5) is 24.4. The Balaban J connectivity index is 2.44. The van der Waals surface area contributed by atoms with Gasteiger partial charge in [-0.05, 0) is 31.4 Å². The summed E-state index contributed by atoms with van der Waals surface area (Å²) in [6.07, 6.45) is 2.23. The van der Waals surface area contributed by atoms with Gasteiger partial charge in [0.2, 0.25) is 5.91 Å². The van der Waals surface area contributed by atoms with Gasteiger partial charge in [-0.25, -0.2) is 4.79 Å². The number of ether oxygens (including phenoxy) is 1. The standard InChI is InChI=1S/C19H23NO3S/c1-5-6-7-16(21)20-18-17(19(22)23-4)15(11-24-18)14-10-12(2)8-9-13(14)3/h8-11H,5-7H2,1-4H3,(H,20,21). The van der Waals surface area contributed by atoms with E-state index in [1.165, 1.54) is 18.4 Å². The van der Waals surface area contributed by atoms with Crippen molar-refractivity contribution < 1.29 is 14.3 Å². The number of anilines is 1. The van der Waals surface area contributed by atoms with Crippen molar-refractivity contribution in [2.75, 3.05) is 12.4 Å². The lowest BCUT2D eigenvalue weighted by Gasteiger charge is -2.10. The summed E-state index contributed by atoms with van der Waals surface area (Å²) in [5.74, 6) is -0.505. The number of thiophene rings is 1. The quantitative estimate of drug-likeness (QED) is 0.754. The number of methoxy groups -OCH3 is 1. The van der Waals surface area contributed by atoms with Gasteiger partial charge in [-0.15, -0.1) is 11.3 Å². The van der Waals surface area contributed by atoms with E-state index >= 15 is 0 Å². The molecule has 2 aromatic rings. The molecule has 0 atom stereocenters. The molecule has 5 heteroatoms. The van der Waals surface area contributed by atoms with Crippen LogP contribution in [0.2, 0.25) is 0 Å². The van der Waals surface area contributed by atoms with Crippen molar-refractivity contribution in [1.29, 1.82) is 0 Å². The first kappa shape index (κ1) is 18.2. The van der Waals surface area contributed by atoms with Crippen LogP contribution >= 0.6 is 11.3 Å². The fourth-order valence-electron chi connectivity index (χ4n) is 2.51. The molecule has 2 rings (SSSR count). The number of esters is 1. The summed E-state index contributed by atoms with van der Waals surface area (Å²) < 4.78 is 4.95. The fraction of sp³-hybridized carbons (Fsp3) is 0.368. The molecule has 0 radical (unpaired) electrons. The normalized spacial score (nSPS) is 10.5. The van der Waals surface area contributed by atoms with E-state index in [1.54, 1.807) is 0 Å². The smallest absolute Gasteiger partial charge is 0.341 e. The number of unbranched alkanes of at least 4 members (excludes halogenated alkanes) is 1. The zero-order chi connectivity index (χ0) is 17.7. The van der Waals surface area contributed by atoms with Gasteiger partial charge in [0.15, 0.2) is 0 Å². The predicted octanol–water partition coefficient (Wildman–Crippen LogP) is 4.95. The van der Waals surface area contributed by atoms with Gasteiger partial charge in [0, 0.05) is 17.4 Å². The Morgan fingerprint density at radius 3 is 2.62 bits per heavy atom. The maximum absolute atomic E-state index is 12.3. The molecule has 1 N–H and O–H groups in total. The van der Waals surface area contributed by atoms with Gasteiger partial charge < -0.3 is 10.1 Å². The van der Waals surface area contributed by atoms with Crippen molar-refractivity contribution in [2.45, 2.75) is 40.0 Å². The van der Waals surface area contributed by atoms with Crippen molar-refractivity contribution in [3.63, 3.8) is 0 Å². The molecule has 0 aliphatic rings. The van der Waals surface area contributed by atoms with Crippen molar-refractivity contribution in [3.8, 4) is 11.1 Å². The van der Waals surface area contributed by atoms with Crippen molar-refractivity contribution in [2.24, 2.45) is 0 Å². The van der Waals surface area contributed by atoms with E-state index in [0.717, 1.165) is 35.1 Å². The largest absolute Gasteiger partial charge is 0.465 e. The number of carbonyl (C=O) groups is 2. The number of benzene rings is 1. The monoisotopic (exact) mass is 345 g/mol. The molecule has 0 spiro atoms. The van der Waals surface area contributed by atoms with Crippen LogP contribution in [0.15, 0.2) is 23.6 Å². The average molecular weight is 345 g/mol. The number of hydrogen-bond donors (Lipinski definition) is 1. The molecule has 1 aromatic carbocycles. The zero-order valence-electron chi connectivity index (χ0n) is 14.6. The minimum absolute atomic E-state index is 0.0728. The molecule has 1 amide bonds. The van der Waals surface area contributed by atoms with Crippen molar-refractivity contribution in [3.05, 3.63) is 40.3 Å². The van der Waals surface area contributed by atoms with E-state index in [4.69, 9.17) is 4.74 Å². The number of aryl methyl sites for hydroxylation is 2. The molecule has 0 saturated heterocycles. The van der Waals surface area contributed by atoms with Gasteiger partial charge >= 0.3 is 5.97 Å². The summed E-state index contributed by atoms with van der Waals surface area (Å²) in [6, 6.07) is 6.12. The minimum Gasteiger partial charge on any atom is -0.465 e. The van der Waals surface area contributed by atoms with Crippen molar-refractivity contribution in [1.82, 2.24) is 0 Å². The second-order valence-corrected chi connectivity index (χ2v) is 6.69. The van der Waals surface area contributed by atoms with Crippen molar-refractivity contribution >= 4 is 28.2 Å². The molecule has 1 aromatic heterocycles. The van der Waals surface area contributed by atoms with Crippen LogP contribution in [0, 0.1) is 13.8 Å². The molecule has 0 unspecified atom stereocenters. The van der Waals surface area contributed by atoms with Crippen LogP contribution in [0.5, 0.6) is 0 Å². The number of amides is 1. The number of hydrogen-bond acceptors (Lipinski definition) is 4. The van der Waals surface area contributed by atoms with Gasteiger partial charge in [-0.2, -0.15) is 0 Å². The maximum Gasteiger partial charge on any atom is 0.341 e. The highest BCUT2D eigenvalue weighted by molar-refractivity contribution is 7.15. The first-order chi connectivity index (χ1) is 11.5. The third-order valence-corrected chi connectivity index (χ3v) is 4.77.